The number of rotatable bonds is 0. The van der Waals surface area contributed by atoms with Crippen molar-refractivity contribution in [3.8, 4) is 0 Å². The van der Waals surface area contributed by atoms with Crippen LogP contribution in [-0.4, -0.2) is 23.1 Å². The molecule has 0 fully saturated rings. The molecule has 0 aliphatic carbocycles. The third-order valence-corrected chi connectivity index (χ3v) is 0. The molecule has 0 rings (SSSR count). The van der Waals surface area contributed by atoms with E-state index < -0.39 is 0 Å². The van der Waals surface area contributed by atoms with Crippen molar-refractivity contribution in [2.24, 2.45) is 0 Å². The molecule has 0 atom stereocenters. The van der Waals surface area contributed by atoms with Crippen LogP contribution in [0.4, 0.5) is 0 Å². The summed E-state index contributed by atoms with van der Waals surface area (Å²) in [4.78, 5) is 0. The van der Waals surface area contributed by atoms with E-state index in [0.717, 1.165) is 0 Å². The Morgan fingerprint density at radius 3 is 1.00 bits per heavy atom. The zero-order valence-corrected chi connectivity index (χ0v) is 10.3. The Bertz CT molecular complexity index is 11.6. The van der Waals surface area contributed by atoms with Crippen molar-refractivity contribution in [2.45, 2.75) is 0 Å². The Hall–Kier alpha value is 2.96. The van der Waals surface area contributed by atoms with Gasteiger partial charge in [0.25, 0.3) is 0 Å². The average Bonchev–Trinajstić information content (AvgIpc) is 0. The van der Waals surface area contributed by atoms with Gasteiger partial charge < -0.3 is 0 Å². The summed E-state index contributed by atoms with van der Waals surface area (Å²) >= 11 is 0. The summed E-state index contributed by atoms with van der Waals surface area (Å²) in [6, 6.07) is 0. The maximum absolute atomic E-state index is 0. The van der Waals surface area contributed by atoms with E-state index in [1.807, 2.05) is 0 Å². The van der Waals surface area contributed by atoms with Gasteiger partial charge in [-0.3, -0.25) is 0 Å². The SMILES string of the molecule is [Cr+3].[Cu+2].[Mg+2].[Mn+2].[Zn+2]. The van der Waals surface area contributed by atoms with E-state index in [0.29, 0.717) is 0 Å². The molecule has 0 spiro atoms. The monoisotopic (exact) mass is 258 g/mol. The van der Waals surface area contributed by atoms with E-state index in [1.165, 1.54) is 0 Å². The predicted molar refractivity (Wildman–Crippen MR) is 5.75 cm³/mol. The van der Waals surface area contributed by atoms with Crippen LogP contribution in [0.15, 0.2) is 0 Å². The van der Waals surface area contributed by atoms with Gasteiger partial charge in [-0.15, -0.1) is 0 Å². The largest absolute Gasteiger partial charge is 3.00 e. The standard InChI is InChI=1S/Cr.Cu.Mg.Mn.Zn/q+3;4*+2. The molecule has 3 radical (unpaired) electrons. The van der Waals surface area contributed by atoms with Crippen molar-refractivity contribution in [3.05, 3.63) is 0 Å². The fraction of sp³-hybridized carbons (Fsp3) is 0. The maximum Gasteiger partial charge on any atom is 3.00 e. The van der Waals surface area contributed by atoms with Crippen molar-refractivity contribution in [2.75, 3.05) is 0 Å². The Kier molecular flexibility index (Phi) is 248. The average molecular weight is 260 g/mol. The van der Waals surface area contributed by atoms with Crippen LogP contribution < -0.4 is 0 Å². The molecule has 5 heteroatoms. The third-order valence-electron chi connectivity index (χ3n) is 0. The van der Waals surface area contributed by atoms with Gasteiger partial charge in [-0.1, -0.05) is 0 Å². The first kappa shape index (κ1) is 44.0. The Balaban J connectivity index is 0. The van der Waals surface area contributed by atoms with Gasteiger partial charge in [-0.05, 0) is 0 Å². The zero-order chi connectivity index (χ0) is 0. The fourth-order valence-corrected chi connectivity index (χ4v) is 0. The summed E-state index contributed by atoms with van der Waals surface area (Å²) in [5.74, 6) is 0. The first-order valence-electron chi connectivity index (χ1n) is 0. The van der Waals surface area contributed by atoms with Gasteiger partial charge in [0.15, 0.2) is 0 Å². The van der Waals surface area contributed by atoms with Crippen LogP contribution in [0.5, 0.6) is 0 Å². The number of hydrogen-bond acceptors (Lipinski definition) is 0. The van der Waals surface area contributed by atoms with Crippen LogP contribution in [0.1, 0.15) is 0 Å². The van der Waals surface area contributed by atoms with Gasteiger partial charge in [0.1, 0.15) is 0 Å². The molecule has 0 saturated carbocycles. The Morgan fingerprint density at radius 2 is 1.00 bits per heavy atom. The van der Waals surface area contributed by atoms with Crippen LogP contribution in [0.25, 0.3) is 0 Å². The normalized spacial score (nSPS) is 0. The Morgan fingerprint density at radius 1 is 1.00 bits per heavy atom. The molecular weight excluding hydrogens is 260 g/mol. The minimum Gasteiger partial charge on any atom is 2.00 e. The van der Waals surface area contributed by atoms with E-state index in [1.54, 1.807) is 0 Å². The molecule has 0 amide bonds. The first-order chi connectivity index (χ1) is 0. The van der Waals surface area contributed by atoms with Gasteiger partial charge in [0.2, 0.25) is 0 Å². The second-order valence-electron chi connectivity index (χ2n) is 0. The molecule has 0 bridgehead atoms. The predicted octanol–water partition coefficient (Wildman–Crippen LogP) is -0.391. The van der Waals surface area contributed by atoms with Crippen molar-refractivity contribution in [3.63, 3.8) is 0 Å². The van der Waals surface area contributed by atoms with Gasteiger partial charge in [-0.2, -0.15) is 0 Å². The molecular formula is CrCuMgMnZn+11. The van der Waals surface area contributed by atoms with Gasteiger partial charge >= 0.3 is 94.0 Å². The molecule has 0 N–H and O–H groups in total. The summed E-state index contributed by atoms with van der Waals surface area (Å²) in [5, 5.41) is 0. The van der Waals surface area contributed by atoms with Gasteiger partial charge in [-0.25, -0.2) is 0 Å². The van der Waals surface area contributed by atoms with E-state index in [4.69, 9.17) is 0 Å². The van der Waals surface area contributed by atoms with Crippen LogP contribution in [0.2, 0.25) is 0 Å². The zero-order valence-electron chi connectivity index (χ0n) is 2.50. The fourth-order valence-electron chi connectivity index (χ4n) is 0. The molecule has 0 aliphatic heterocycles. The molecule has 0 saturated heterocycles. The van der Waals surface area contributed by atoms with Crippen LogP contribution in [-0.2, 0) is 71.0 Å². The summed E-state index contributed by atoms with van der Waals surface area (Å²) in [6.07, 6.45) is 0. The minimum absolute atomic E-state index is 0. The smallest absolute Gasteiger partial charge is 2.00 e. The summed E-state index contributed by atoms with van der Waals surface area (Å²) in [6.45, 7) is 0. The van der Waals surface area contributed by atoms with Crippen LogP contribution >= 0.6 is 0 Å². The van der Waals surface area contributed by atoms with Gasteiger partial charge in [0.05, 0.1) is 0 Å². The molecule has 5 heavy (non-hydrogen) atoms. The van der Waals surface area contributed by atoms with E-state index in [9.17, 15) is 0 Å². The molecule has 0 aromatic heterocycles. The molecule has 17 valence electrons. The van der Waals surface area contributed by atoms with Crippen LogP contribution in [0, 0.1) is 0 Å². The third kappa shape index (κ3) is 19.5. The van der Waals surface area contributed by atoms with E-state index in [2.05, 4.69) is 0 Å². The summed E-state index contributed by atoms with van der Waals surface area (Å²) in [5.41, 5.74) is 0. The molecule has 0 aromatic carbocycles. The molecule has 0 unspecified atom stereocenters. The van der Waals surface area contributed by atoms with E-state index in [-0.39, 0.29) is 94.0 Å². The van der Waals surface area contributed by atoms with Crippen molar-refractivity contribution >= 4 is 23.1 Å². The molecule has 0 nitrogen and oxygen atoms in total. The maximum atomic E-state index is 0. The van der Waals surface area contributed by atoms with Crippen molar-refractivity contribution < 1.29 is 71.0 Å². The summed E-state index contributed by atoms with van der Waals surface area (Å²) in [7, 11) is 0. The number of hydrogen-bond donors (Lipinski definition) is 0. The molecule has 0 heterocycles. The first-order valence-corrected chi connectivity index (χ1v) is 0. The van der Waals surface area contributed by atoms with Crippen molar-refractivity contribution in [1.29, 1.82) is 0 Å². The molecule has 0 aliphatic rings. The Labute approximate surface area is 92.6 Å². The topological polar surface area (TPSA) is 0 Å². The second kappa shape index (κ2) is 28.2. The van der Waals surface area contributed by atoms with E-state index >= 15 is 0 Å². The second-order valence-corrected chi connectivity index (χ2v) is 0. The van der Waals surface area contributed by atoms with Crippen molar-refractivity contribution in [1.82, 2.24) is 0 Å². The van der Waals surface area contributed by atoms with Gasteiger partial charge in [0, 0.05) is 0 Å². The quantitative estimate of drug-likeness (QED) is 0.520. The van der Waals surface area contributed by atoms with Crippen LogP contribution in [0.3, 0.4) is 0 Å². The summed E-state index contributed by atoms with van der Waals surface area (Å²) < 4.78 is 0. The molecule has 0 aromatic rings. The minimum atomic E-state index is 0.